The molecule has 0 atom stereocenters. The van der Waals surface area contributed by atoms with E-state index < -0.39 is 22.5 Å². The number of sulfonamides is 1. The third-order valence-electron chi connectivity index (χ3n) is 5.45. The molecule has 0 aliphatic rings. The maximum absolute atomic E-state index is 13.8. The van der Waals surface area contributed by atoms with Crippen LogP contribution >= 0.6 is 23.2 Å². The minimum absolute atomic E-state index is 0.0603. The fraction of sp³-hybridized carbons (Fsp3) is 0.107. The average Bonchev–Trinajstić information content (AvgIpc) is 2.91. The quantitative estimate of drug-likeness (QED) is 0.231. The highest BCUT2D eigenvalue weighted by atomic mass is 35.5. The first-order valence-corrected chi connectivity index (χ1v) is 13.7. The zero-order valence-corrected chi connectivity index (χ0v) is 22.6. The molecule has 1 N–H and O–H groups in total. The molecule has 0 aliphatic heterocycles. The van der Waals surface area contributed by atoms with E-state index in [0.717, 1.165) is 4.31 Å². The summed E-state index contributed by atoms with van der Waals surface area (Å²) in [5.74, 6) is 0.432. The summed E-state index contributed by atoms with van der Waals surface area (Å²) in [6.45, 7) is -0.556. The number of para-hydroxylation sites is 1. The van der Waals surface area contributed by atoms with E-state index in [9.17, 15) is 13.2 Å². The monoisotopic (exact) mass is 570 g/mol. The van der Waals surface area contributed by atoms with Crippen LogP contribution in [-0.2, 0) is 21.4 Å². The number of halogens is 2. The molecule has 4 aromatic carbocycles. The zero-order chi connectivity index (χ0) is 27.1. The number of anilines is 1. The Balaban J connectivity index is 1.64. The van der Waals surface area contributed by atoms with Gasteiger partial charge >= 0.3 is 0 Å². The smallest absolute Gasteiger partial charge is 0.247 e. The number of amides is 1. The van der Waals surface area contributed by atoms with Crippen LogP contribution in [0.1, 0.15) is 5.56 Å². The van der Waals surface area contributed by atoms with E-state index in [4.69, 9.17) is 32.7 Å². The van der Waals surface area contributed by atoms with E-state index in [-0.39, 0.29) is 22.2 Å². The Morgan fingerprint density at radius 3 is 2.11 bits per heavy atom. The summed E-state index contributed by atoms with van der Waals surface area (Å²) < 4.78 is 39.8. The first kappa shape index (κ1) is 27.5. The number of hydrogen-bond donors (Lipinski definition) is 1. The predicted octanol–water partition coefficient (Wildman–Crippen LogP) is 6.62. The van der Waals surface area contributed by atoms with Gasteiger partial charge in [-0.3, -0.25) is 4.79 Å². The van der Waals surface area contributed by atoms with Gasteiger partial charge in [0.15, 0.2) is 5.75 Å². The van der Waals surface area contributed by atoms with Crippen molar-refractivity contribution in [1.29, 1.82) is 0 Å². The number of carbonyl (C=O) groups is 1. The van der Waals surface area contributed by atoms with Gasteiger partial charge in [0.1, 0.15) is 16.4 Å². The third-order valence-corrected chi connectivity index (χ3v) is 7.73. The van der Waals surface area contributed by atoms with Crippen molar-refractivity contribution in [3.05, 3.63) is 113 Å². The molecule has 0 aliphatic carbocycles. The van der Waals surface area contributed by atoms with Crippen molar-refractivity contribution in [3.63, 3.8) is 0 Å². The number of nitrogens with zero attached hydrogens (tertiary/aromatic N) is 1. The zero-order valence-electron chi connectivity index (χ0n) is 20.3. The maximum atomic E-state index is 13.8. The Morgan fingerprint density at radius 1 is 0.842 bits per heavy atom. The molecule has 4 aromatic rings. The minimum Gasteiger partial charge on any atom is -0.495 e. The van der Waals surface area contributed by atoms with E-state index in [1.54, 1.807) is 48.5 Å². The number of methoxy groups -OCH3 is 1. The topological polar surface area (TPSA) is 84.9 Å². The molecule has 0 unspecified atom stereocenters. The molecule has 38 heavy (non-hydrogen) atoms. The predicted molar refractivity (Wildman–Crippen MR) is 149 cm³/mol. The van der Waals surface area contributed by atoms with Gasteiger partial charge in [0.05, 0.1) is 19.3 Å². The lowest BCUT2D eigenvalue weighted by Crippen LogP contribution is -2.37. The van der Waals surface area contributed by atoms with Gasteiger partial charge in [0.2, 0.25) is 15.9 Å². The van der Waals surface area contributed by atoms with Gasteiger partial charge in [-0.15, -0.1) is 0 Å². The van der Waals surface area contributed by atoms with Crippen LogP contribution in [0.4, 0.5) is 5.69 Å². The maximum Gasteiger partial charge on any atom is 0.247 e. The Kier molecular flexibility index (Phi) is 8.91. The van der Waals surface area contributed by atoms with Crippen molar-refractivity contribution >= 4 is 44.8 Å². The summed E-state index contributed by atoms with van der Waals surface area (Å²) in [7, 11) is -2.85. The van der Waals surface area contributed by atoms with E-state index in [2.05, 4.69) is 5.32 Å². The molecule has 4 rings (SSSR count). The first-order valence-electron chi connectivity index (χ1n) is 11.5. The van der Waals surface area contributed by atoms with Crippen LogP contribution in [0.2, 0.25) is 10.0 Å². The summed E-state index contributed by atoms with van der Waals surface area (Å²) in [5.41, 5.74) is 0.990. The molecule has 0 radical (unpaired) electrons. The van der Waals surface area contributed by atoms with Gasteiger partial charge in [-0.05, 0) is 54.1 Å². The summed E-state index contributed by atoms with van der Waals surface area (Å²) in [4.78, 5) is 13.1. The van der Waals surface area contributed by atoms with Gasteiger partial charge in [-0.25, -0.2) is 8.42 Å². The fourth-order valence-corrected chi connectivity index (χ4v) is 5.63. The number of carbonyl (C=O) groups excluding carboxylic acids is 1. The second kappa shape index (κ2) is 12.3. The normalized spacial score (nSPS) is 11.3. The van der Waals surface area contributed by atoms with E-state index >= 15 is 0 Å². The molecule has 0 heterocycles. The molecular weight excluding hydrogens is 547 g/mol. The Hall–Kier alpha value is -3.56. The van der Waals surface area contributed by atoms with Crippen molar-refractivity contribution in [2.24, 2.45) is 0 Å². The number of rotatable bonds is 10. The highest BCUT2D eigenvalue weighted by molar-refractivity contribution is 7.89. The van der Waals surface area contributed by atoms with Crippen molar-refractivity contribution in [2.75, 3.05) is 19.0 Å². The highest BCUT2D eigenvalue weighted by Crippen LogP contribution is 2.33. The number of benzene rings is 4. The Bertz CT molecular complexity index is 1520. The Morgan fingerprint density at radius 2 is 1.45 bits per heavy atom. The van der Waals surface area contributed by atoms with Crippen molar-refractivity contribution < 1.29 is 22.7 Å². The summed E-state index contributed by atoms with van der Waals surface area (Å²) in [6.07, 6.45) is 0. The molecule has 0 saturated heterocycles. The lowest BCUT2D eigenvalue weighted by Gasteiger charge is -2.23. The van der Waals surface area contributed by atoms with Crippen LogP contribution in [0.15, 0.2) is 102 Å². The molecule has 0 bridgehead atoms. The first-order chi connectivity index (χ1) is 18.3. The summed E-state index contributed by atoms with van der Waals surface area (Å²) in [6, 6.07) is 27.1. The standard InChI is InChI=1S/C28H24Cl2N2O5S/c1-36-26-15-13-22(30)17-27(26)38(34,35)32(18-20-8-4-2-5-9-20)19-28(33)31-24-16-21(29)12-14-25(24)37-23-10-6-3-7-11-23/h2-17H,18-19H2,1H3,(H,31,33). The van der Waals surface area contributed by atoms with Crippen molar-refractivity contribution in [1.82, 2.24) is 4.31 Å². The van der Waals surface area contributed by atoms with E-state index in [1.807, 2.05) is 24.3 Å². The third kappa shape index (κ3) is 6.85. The van der Waals surface area contributed by atoms with Crippen LogP contribution < -0.4 is 14.8 Å². The highest BCUT2D eigenvalue weighted by Gasteiger charge is 2.30. The van der Waals surface area contributed by atoms with E-state index in [0.29, 0.717) is 27.8 Å². The summed E-state index contributed by atoms with van der Waals surface area (Å²) >= 11 is 12.3. The SMILES string of the molecule is COc1ccc(Cl)cc1S(=O)(=O)N(CC(=O)Nc1cc(Cl)ccc1Oc1ccccc1)Cc1ccccc1. The molecule has 7 nitrogen and oxygen atoms in total. The van der Waals surface area contributed by atoms with Gasteiger partial charge in [0.25, 0.3) is 0 Å². The molecule has 0 fully saturated rings. The average molecular weight is 571 g/mol. The largest absolute Gasteiger partial charge is 0.495 e. The Labute approximate surface area is 231 Å². The van der Waals surface area contributed by atoms with Gasteiger partial charge in [0, 0.05) is 16.6 Å². The second-order valence-corrected chi connectivity index (χ2v) is 10.9. The molecule has 0 spiro atoms. The van der Waals surface area contributed by atoms with Crippen LogP contribution in [0.5, 0.6) is 17.2 Å². The van der Waals surface area contributed by atoms with Crippen molar-refractivity contribution in [2.45, 2.75) is 11.4 Å². The van der Waals surface area contributed by atoms with Crippen molar-refractivity contribution in [3.8, 4) is 17.2 Å². The van der Waals surface area contributed by atoms with Gasteiger partial charge in [-0.1, -0.05) is 71.7 Å². The van der Waals surface area contributed by atoms with Crippen LogP contribution in [0, 0.1) is 0 Å². The fourth-order valence-electron chi connectivity index (χ4n) is 3.66. The number of ether oxygens (including phenoxy) is 2. The molecular formula is C28H24Cl2N2O5S. The number of nitrogens with one attached hydrogen (secondary N) is 1. The van der Waals surface area contributed by atoms with Crippen LogP contribution in [-0.4, -0.2) is 32.3 Å². The van der Waals surface area contributed by atoms with Gasteiger partial charge in [-0.2, -0.15) is 4.31 Å². The molecule has 0 saturated carbocycles. The molecule has 196 valence electrons. The summed E-state index contributed by atoms with van der Waals surface area (Å²) in [5, 5.41) is 3.33. The minimum atomic E-state index is -4.21. The lowest BCUT2D eigenvalue weighted by molar-refractivity contribution is -0.116. The van der Waals surface area contributed by atoms with Crippen LogP contribution in [0.25, 0.3) is 0 Å². The molecule has 1 amide bonds. The van der Waals surface area contributed by atoms with Gasteiger partial charge < -0.3 is 14.8 Å². The molecule has 0 aromatic heterocycles. The second-order valence-electron chi connectivity index (χ2n) is 8.16. The van der Waals surface area contributed by atoms with Crippen LogP contribution in [0.3, 0.4) is 0 Å². The lowest BCUT2D eigenvalue weighted by atomic mass is 10.2. The van der Waals surface area contributed by atoms with E-state index in [1.165, 1.54) is 31.4 Å². The number of hydrogen-bond acceptors (Lipinski definition) is 5. The molecule has 10 heteroatoms.